The molecule has 1 aromatic heterocycles. The zero-order chi connectivity index (χ0) is 25.8. The summed E-state index contributed by atoms with van der Waals surface area (Å²) >= 11 is 0. The molecule has 1 aliphatic heterocycles. The van der Waals surface area contributed by atoms with Gasteiger partial charge < -0.3 is 35.5 Å². The molecule has 8 nitrogen and oxygen atoms in total. The first kappa shape index (κ1) is 25.7. The number of hydrogen-bond donors (Lipinski definition) is 5. The number of amides is 1. The lowest BCUT2D eigenvalue weighted by atomic mass is 9.94. The summed E-state index contributed by atoms with van der Waals surface area (Å²) in [4.78, 5) is 11.6. The molecule has 0 saturated carbocycles. The molecule has 3 aromatic carbocycles. The summed E-state index contributed by atoms with van der Waals surface area (Å²) in [5.74, 6) is -1.71. The van der Waals surface area contributed by atoms with Gasteiger partial charge in [-0.2, -0.15) is 0 Å². The lowest BCUT2D eigenvalue weighted by Gasteiger charge is -2.35. The predicted molar refractivity (Wildman–Crippen MR) is 133 cm³/mol. The minimum atomic E-state index is -1.18. The van der Waals surface area contributed by atoms with Crippen LogP contribution < -0.4 is 5.73 Å². The summed E-state index contributed by atoms with van der Waals surface area (Å²) in [5, 5.41) is 38.5. The highest BCUT2D eigenvalue weighted by molar-refractivity contribution is 6.06. The molecule has 3 unspecified atom stereocenters. The van der Waals surface area contributed by atoms with E-state index in [-0.39, 0.29) is 30.6 Å². The first-order chi connectivity index (χ1) is 17.3. The number of benzene rings is 3. The van der Waals surface area contributed by atoms with Gasteiger partial charge in [0, 0.05) is 24.5 Å². The van der Waals surface area contributed by atoms with Crippen LogP contribution in [0.3, 0.4) is 0 Å². The van der Waals surface area contributed by atoms with Crippen LogP contribution in [-0.4, -0.2) is 62.6 Å². The number of rotatable bonds is 5. The van der Waals surface area contributed by atoms with Gasteiger partial charge in [0.25, 0.3) is 5.91 Å². The van der Waals surface area contributed by atoms with Gasteiger partial charge in [-0.1, -0.05) is 42.5 Å². The molecule has 4 aromatic rings. The van der Waals surface area contributed by atoms with Crippen LogP contribution in [0.15, 0.2) is 66.9 Å². The number of nitrogens with two attached hydrogens (primary N) is 1. The van der Waals surface area contributed by atoms with Gasteiger partial charge in [-0.15, -0.1) is 0 Å². The molecule has 1 aliphatic rings. The number of aliphatic hydroxyl groups is 4. The molecule has 9 heteroatoms. The average molecular weight is 497 g/mol. The number of nitrogens with zero attached hydrogens (tertiary/aromatic N) is 1. The Balaban J connectivity index is 0.000000214. The van der Waals surface area contributed by atoms with Crippen LogP contribution in [-0.2, 0) is 11.3 Å². The van der Waals surface area contributed by atoms with E-state index in [1.807, 2.05) is 22.8 Å². The Morgan fingerprint density at radius 1 is 1.03 bits per heavy atom. The number of ether oxygens (including phenoxy) is 1. The number of fused-ring (bicyclic) bond motifs is 2. The Bertz CT molecular complexity index is 1340. The number of primary amides is 1. The molecule has 4 atom stereocenters. The van der Waals surface area contributed by atoms with Crippen molar-refractivity contribution in [2.24, 2.45) is 11.7 Å². The number of carbonyl (C=O) groups is 1. The van der Waals surface area contributed by atoms with Crippen LogP contribution in [0.4, 0.5) is 4.39 Å². The Morgan fingerprint density at radius 2 is 1.78 bits per heavy atom. The quantitative estimate of drug-likeness (QED) is 0.287. The van der Waals surface area contributed by atoms with Crippen molar-refractivity contribution in [3.8, 4) is 0 Å². The van der Waals surface area contributed by atoms with Crippen LogP contribution in [0.1, 0.15) is 22.3 Å². The van der Waals surface area contributed by atoms with Crippen LogP contribution in [0, 0.1) is 11.7 Å². The Kier molecular flexibility index (Phi) is 7.97. The Labute approximate surface area is 207 Å². The maximum absolute atomic E-state index is 14.1. The zero-order valence-corrected chi connectivity index (χ0v) is 19.5. The van der Waals surface area contributed by atoms with E-state index in [9.17, 15) is 19.4 Å². The van der Waals surface area contributed by atoms with E-state index >= 15 is 0 Å². The molecule has 6 N–H and O–H groups in total. The first-order valence-electron chi connectivity index (χ1n) is 11.6. The molecule has 1 amide bonds. The molecule has 0 radical (unpaired) electrons. The maximum Gasteiger partial charge on any atom is 0.250 e. The lowest BCUT2D eigenvalue weighted by molar-refractivity contribution is -0.237. The van der Waals surface area contributed by atoms with Crippen molar-refractivity contribution in [3.63, 3.8) is 0 Å². The van der Waals surface area contributed by atoms with Crippen LogP contribution in [0.25, 0.3) is 21.7 Å². The first-order valence-corrected chi connectivity index (χ1v) is 11.6. The van der Waals surface area contributed by atoms with E-state index in [1.165, 1.54) is 11.5 Å². The fourth-order valence-corrected chi connectivity index (χ4v) is 4.48. The Hall–Kier alpha value is -3.34. The summed E-state index contributed by atoms with van der Waals surface area (Å²) in [5.41, 5.74) is 7.36. The molecule has 190 valence electrons. The van der Waals surface area contributed by atoms with Crippen molar-refractivity contribution >= 4 is 27.6 Å². The van der Waals surface area contributed by atoms with E-state index in [0.29, 0.717) is 12.1 Å². The van der Waals surface area contributed by atoms with Crippen molar-refractivity contribution in [1.82, 2.24) is 4.57 Å². The Morgan fingerprint density at radius 3 is 2.44 bits per heavy atom. The van der Waals surface area contributed by atoms with Gasteiger partial charge in [-0.05, 0) is 34.5 Å². The lowest BCUT2D eigenvalue weighted by Crippen LogP contribution is -2.46. The van der Waals surface area contributed by atoms with Crippen LogP contribution in [0.2, 0.25) is 0 Å². The van der Waals surface area contributed by atoms with Crippen LogP contribution >= 0.6 is 0 Å². The van der Waals surface area contributed by atoms with Gasteiger partial charge in [0.1, 0.15) is 5.82 Å². The standard InChI is InChI=1S/C20H15FN2O.C7H14O5/c21-17-6-3-7-18-19(17)16(20(22)24)12-23(18)11-13-8-9-14-4-1-2-5-15(14)10-13;8-2-4-1-6(10)5(3-9)7(11)12-4/h1-10,12H,11H2,(H2,22,24);4-11H,1-3H2/t;4?,5-,6?,7?/m.0/s1. The molecule has 1 saturated heterocycles. The van der Waals surface area contributed by atoms with Crippen molar-refractivity contribution in [2.45, 2.75) is 31.5 Å². The average Bonchev–Trinajstić information content (AvgIpc) is 3.24. The number of aromatic nitrogens is 1. The topological polar surface area (TPSA) is 138 Å². The molecular formula is C27H29FN2O6. The van der Waals surface area contributed by atoms with E-state index < -0.39 is 36.1 Å². The number of aliphatic hydroxyl groups excluding tert-OH is 4. The fourth-order valence-electron chi connectivity index (χ4n) is 4.48. The second-order valence-corrected chi connectivity index (χ2v) is 8.83. The minimum Gasteiger partial charge on any atom is -0.396 e. The molecule has 2 heterocycles. The maximum atomic E-state index is 14.1. The molecule has 1 fully saturated rings. The summed E-state index contributed by atoms with van der Waals surface area (Å²) in [6.45, 7) is -0.00911. The normalized spacial score (nSPS) is 21.8. The van der Waals surface area contributed by atoms with E-state index in [2.05, 4.69) is 24.3 Å². The third-order valence-corrected chi connectivity index (χ3v) is 6.40. The zero-order valence-electron chi connectivity index (χ0n) is 19.5. The summed E-state index contributed by atoms with van der Waals surface area (Å²) in [7, 11) is 0. The van der Waals surface area contributed by atoms with Gasteiger partial charge >= 0.3 is 0 Å². The minimum absolute atomic E-state index is 0.212. The second kappa shape index (κ2) is 11.2. The monoisotopic (exact) mass is 496 g/mol. The van der Waals surface area contributed by atoms with Gasteiger partial charge in [0.05, 0.1) is 42.4 Å². The smallest absolute Gasteiger partial charge is 0.250 e. The van der Waals surface area contributed by atoms with Gasteiger partial charge in [-0.25, -0.2) is 4.39 Å². The second-order valence-electron chi connectivity index (χ2n) is 8.83. The summed E-state index contributed by atoms with van der Waals surface area (Å²) in [6, 6.07) is 19.1. The highest BCUT2D eigenvalue weighted by Gasteiger charge is 2.35. The van der Waals surface area contributed by atoms with Gasteiger partial charge in [0.2, 0.25) is 0 Å². The van der Waals surface area contributed by atoms with Crippen molar-refractivity contribution in [3.05, 3.63) is 83.8 Å². The van der Waals surface area contributed by atoms with Crippen molar-refractivity contribution in [2.75, 3.05) is 13.2 Å². The predicted octanol–water partition coefficient (Wildman–Crippen LogP) is 2.14. The third-order valence-electron chi connectivity index (χ3n) is 6.40. The number of halogens is 1. The summed E-state index contributed by atoms with van der Waals surface area (Å²) < 4.78 is 20.9. The third kappa shape index (κ3) is 5.40. The SMILES string of the molecule is NC(=O)c1cn(Cc2ccc3ccccc3c2)c2cccc(F)c12.OCC1CC(O)[C@H](CO)C(O)O1. The molecule has 0 aliphatic carbocycles. The molecule has 36 heavy (non-hydrogen) atoms. The fraction of sp³-hybridized carbons (Fsp3) is 0.296. The number of hydrogen-bond acceptors (Lipinski definition) is 6. The highest BCUT2D eigenvalue weighted by atomic mass is 19.1. The van der Waals surface area contributed by atoms with Gasteiger partial charge in [-0.3, -0.25) is 4.79 Å². The van der Waals surface area contributed by atoms with Crippen molar-refractivity contribution < 1.29 is 34.3 Å². The molecule has 0 bridgehead atoms. The highest BCUT2D eigenvalue weighted by Crippen LogP contribution is 2.26. The number of carbonyl (C=O) groups excluding carboxylic acids is 1. The van der Waals surface area contributed by atoms with Crippen LogP contribution in [0.5, 0.6) is 0 Å². The summed E-state index contributed by atoms with van der Waals surface area (Å²) in [6.07, 6.45) is -0.644. The molecule has 0 spiro atoms. The van der Waals surface area contributed by atoms with Crippen molar-refractivity contribution in [1.29, 1.82) is 0 Å². The van der Waals surface area contributed by atoms with Gasteiger partial charge in [0.15, 0.2) is 6.29 Å². The van der Waals surface area contributed by atoms with E-state index in [1.54, 1.807) is 18.3 Å². The largest absolute Gasteiger partial charge is 0.396 e. The van der Waals surface area contributed by atoms with E-state index in [4.69, 9.17) is 20.7 Å². The molecular weight excluding hydrogens is 467 g/mol. The van der Waals surface area contributed by atoms with E-state index in [0.717, 1.165) is 10.9 Å². The molecule has 5 rings (SSSR count).